The number of aliphatic carboxylic acids is 1. The lowest BCUT2D eigenvalue weighted by molar-refractivity contribution is -0.137. The van der Waals surface area contributed by atoms with Gasteiger partial charge in [-0.15, -0.1) is 0 Å². The molecular formula is C15H15N3O3. The molecule has 6 heteroatoms. The van der Waals surface area contributed by atoms with E-state index < -0.39 is 5.97 Å². The van der Waals surface area contributed by atoms with Gasteiger partial charge in [-0.05, 0) is 18.6 Å². The van der Waals surface area contributed by atoms with Gasteiger partial charge in [0.2, 0.25) is 0 Å². The highest BCUT2D eigenvalue weighted by atomic mass is 16.4. The molecular weight excluding hydrogens is 270 g/mol. The molecule has 1 heterocycles. The average molecular weight is 285 g/mol. The first-order chi connectivity index (χ1) is 10.2. The van der Waals surface area contributed by atoms with Crippen molar-refractivity contribution < 1.29 is 14.7 Å². The third kappa shape index (κ3) is 4.38. The van der Waals surface area contributed by atoms with Crippen LogP contribution in [-0.2, 0) is 4.79 Å². The van der Waals surface area contributed by atoms with Crippen LogP contribution < -0.4 is 5.32 Å². The lowest BCUT2D eigenvalue weighted by Crippen LogP contribution is -2.24. The smallest absolute Gasteiger partial charge is 0.303 e. The Hall–Kier alpha value is -2.76. The highest BCUT2D eigenvalue weighted by Gasteiger charge is 2.06. The molecule has 0 aliphatic heterocycles. The minimum absolute atomic E-state index is 0.0475. The molecule has 0 atom stereocenters. The maximum atomic E-state index is 11.9. The number of carbonyl (C=O) groups is 2. The lowest BCUT2D eigenvalue weighted by Gasteiger charge is -2.05. The zero-order chi connectivity index (χ0) is 15.1. The summed E-state index contributed by atoms with van der Waals surface area (Å²) in [4.78, 5) is 30.4. The number of carboxylic acid groups (broad SMARTS) is 1. The van der Waals surface area contributed by atoms with Crippen LogP contribution in [0.15, 0.2) is 42.9 Å². The van der Waals surface area contributed by atoms with Gasteiger partial charge in [-0.2, -0.15) is 0 Å². The van der Waals surface area contributed by atoms with Crippen LogP contribution in [0.2, 0.25) is 0 Å². The zero-order valence-electron chi connectivity index (χ0n) is 11.3. The second-order valence-corrected chi connectivity index (χ2v) is 4.42. The van der Waals surface area contributed by atoms with Gasteiger partial charge >= 0.3 is 5.97 Å². The number of hydrogen-bond acceptors (Lipinski definition) is 4. The number of carbonyl (C=O) groups excluding carboxylic acids is 1. The van der Waals surface area contributed by atoms with Crippen LogP contribution >= 0.6 is 0 Å². The highest BCUT2D eigenvalue weighted by Crippen LogP contribution is 2.15. The van der Waals surface area contributed by atoms with Crippen LogP contribution in [0.3, 0.4) is 0 Å². The van der Waals surface area contributed by atoms with Crippen LogP contribution in [0.25, 0.3) is 11.3 Å². The number of nitrogens with one attached hydrogen (secondary N) is 1. The molecule has 0 saturated heterocycles. The number of carboxylic acids is 1. The molecule has 2 N–H and O–H groups in total. The summed E-state index contributed by atoms with van der Waals surface area (Å²) in [6.07, 6.45) is 5.33. The van der Waals surface area contributed by atoms with Gasteiger partial charge in [-0.25, -0.2) is 0 Å². The second kappa shape index (κ2) is 7.14. The Morgan fingerprint density at radius 2 is 1.90 bits per heavy atom. The summed E-state index contributed by atoms with van der Waals surface area (Å²) in [6, 6.07) is 7.01. The Balaban J connectivity index is 1.93. The van der Waals surface area contributed by atoms with Crippen LogP contribution in [-0.4, -0.2) is 33.5 Å². The molecule has 21 heavy (non-hydrogen) atoms. The van der Waals surface area contributed by atoms with Crippen LogP contribution in [0.1, 0.15) is 23.2 Å². The second-order valence-electron chi connectivity index (χ2n) is 4.42. The van der Waals surface area contributed by atoms with E-state index in [2.05, 4.69) is 15.3 Å². The van der Waals surface area contributed by atoms with Crippen molar-refractivity contribution in [2.75, 3.05) is 6.54 Å². The third-order valence-electron chi connectivity index (χ3n) is 2.86. The molecule has 0 spiro atoms. The molecule has 2 aromatic rings. The Bertz CT molecular complexity index is 612. The summed E-state index contributed by atoms with van der Waals surface area (Å²) in [5, 5.41) is 11.2. The van der Waals surface area contributed by atoms with E-state index in [1.165, 1.54) is 0 Å². The van der Waals surface area contributed by atoms with Gasteiger partial charge in [-0.3, -0.25) is 19.6 Å². The zero-order valence-corrected chi connectivity index (χ0v) is 11.3. The quantitative estimate of drug-likeness (QED) is 0.789. The largest absolute Gasteiger partial charge is 0.481 e. The number of rotatable bonds is 6. The molecule has 0 aliphatic rings. The van der Waals surface area contributed by atoms with Crippen molar-refractivity contribution in [1.29, 1.82) is 0 Å². The summed E-state index contributed by atoms with van der Waals surface area (Å²) >= 11 is 0. The Morgan fingerprint density at radius 3 is 2.52 bits per heavy atom. The summed E-state index contributed by atoms with van der Waals surface area (Å²) < 4.78 is 0. The molecule has 0 unspecified atom stereocenters. The van der Waals surface area contributed by atoms with Gasteiger partial charge in [0.05, 0.1) is 11.9 Å². The maximum absolute atomic E-state index is 11.9. The molecule has 0 bridgehead atoms. The fourth-order valence-electron chi connectivity index (χ4n) is 1.78. The summed E-state index contributed by atoms with van der Waals surface area (Å²) in [7, 11) is 0. The third-order valence-corrected chi connectivity index (χ3v) is 2.86. The number of amides is 1. The van der Waals surface area contributed by atoms with Gasteiger partial charge in [0, 0.05) is 36.5 Å². The standard InChI is InChI=1S/C15H15N3O3/c19-14(20)2-1-7-18-15(21)12-5-3-11(4-6-12)13-10-16-8-9-17-13/h3-6,8-10H,1-2,7H2,(H,18,21)(H,19,20). The predicted octanol–water partition coefficient (Wildman–Crippen LogP) is 1.74. The van der Waals surface area contributed by atoms with Gasteiger partial charge < -0.3 is 10.4 Å². The van der Waals surface area contributed by atoms with Crippen molar-refractivity contribution in [3.05, 3.63) is 48.4 Å². The van der Waals surface area contributed by atoms with Crippen molar-refractivity contribution in [1.82, 2.24) is 15.3 Å². The van der Waals surface area contributed by atoms with Crippen LogP contribution in [0, 0.1) is 0 Å². The number of nitrogens with zero attached hydrogens (tertiary/aromatic N) is 2. The summed E-state index contributed by atoms with van der Waals surface area (Å²) in [6.45, 7) is 0.344. The number of aromatic nitrogens is 2. The average Bonchev–Trinajstić information content (AvgIpc) is 2.52. The number of benzene rings is 1. The fourth-order valence-corrected chi connectivity index (χ4v) is 1.78. The van der Waals surface area contributed by atoms with E-state index in [1.807, 2.05) is 0 Å². The minimum Gasteiger partial charge on any atom is -0.481 e. The monoisotopic (exact) mass is 285 g/mol. The molecule has 0 aliphatic carbocycles. The van der Waals surface area contributed by atoms with E-state index in [1.54, 1.807) is 42.9 Å². The van der Waals surface area contributed by atoms with Crippen molar-refractivity contribution in [2.24, 2.45) is 0 Å². The van der Waals surface area contributed by atoms with Crippen molar-refractivity contribution in [2.45, 2.75) is 12.8 Å². The van der Waals surface area contributed by atoms with E-state index in [9.17, 15) is 9.59 Å². The molecule has 0 radical (unpaired) electrons. The van der Waals surface area contributed by atoms with Gasteiger partial charge in [0.25, 0.3) is 5.91 Å². The molecule has 0 fully saturated rings. The van der Waals surface area contributed by atoms with Crippen molar-refractivity contribution in [3.8, 4) is 11.3 Å². The summed E-state index contributed by atoms with van der Waals surface area (Å²) in [5.74, 6) is -1.08. The number of hydrogen-bond donors (Lipinski definition) is 2. The Kier molecular flexibility index (Phi) is 4.98. The van der Waals surface area contributed by atoms with E-state index in [0.29, 0.717) is 18.5 Å². The van der Waals surface area contributed by atoms with Crippen molar-refractivity contribution in [3.63, 3.8) is 0 Å². The van der Waals surface area contributed by atoms with Gasteiger partial charge in [-0.1, -0.05) is 12.1 Å². The van der Waals surface area contributed by atoms with E-state index in [-0.39, 0.29) is 12.3 Å². The van der Waals surface area contributed by atoms with E-state index >= 15 is 0 Å². The summed E-state index contributed by atoms with van der Waals surface area (Å²) in [5.41, 5.74) is 2.15. The molecule has 1 aromatic carbocycles. The van der Waals surface area contributed by atoms with Gasteiger partial charge in [0.15, 0.2) is 0 Å². The Labute approximate surface area is 121 Å². The first-order valence-corrected chi connectivity index (χ1v) is 6.53. The maximum Gasteiger partial charge on any atom is 0.303 e. The normalized spacial score (nSPS) is 10.1. The SMILES string of the molecule is O=C(O)CCCNC(=O)c1ccc(-c2cnccn2)cc1. The molecule has 1 amide bonds. The predicted molar refractivity (Wildman–Crippen MR) is 76.7 cm³/mol. The van der Waals surface area contributed by atoms with E-state index in [4.69, 9.17) is 5.11 Å². The van der Waals surface area contributed by atoms with Gasteiger partial charge in [0.1, 0.15) is 0 Å². The molecule has 2 rings (SSSR count). The highest BCUT2D eigenvalue weighted by molar-refractivity contribution is 5.94. The first-order valence-electron chi connectivity index (χ1n) is 6.53. The fraction of sp³-hybridized carbons (Fsp3) is 0.200. The van der Waals surface area contributed by atoms with Crippen molar-refractivity contribution >= 4 is 11.9 Å². The topological polar surface area (TPSA) is 92.2 Å². The Morgan fingerprint density at radius 1 is 1.14 bits per heavy atom. The molecule has 1 aromatic heterocycles. The van der Waals surface area contributed by atoms with E-state index in [0.717, 1.165) is 11.3 Å². The van der Waals surface area contributed by atoms with Crippen LogP contribution in [0.4, 0.5) is 0 Å². The van der Waals surface area contributed by atoms with Crippen LogP contribution in [0.5, 0.6) is 0 Å². The molecule has 0 saturated carbocycles. The minimum atomic E-state index is -0.863. The lowest BCUT2D eigenvalue weighted by atomic mass is 10.1. The first kappa shape index (κ1) is 14.6. The molecule has 108 valence electrons. The molecule has 6 nitrogen and oxygen atoms in total.